The Labute approximate surface area is 206 Å². The van der Waals surface area contributed by atoms with E-state index in [1.54, 1.807) is 12.0 Å². The van der Waals surface area contributed by atoms with Crippen LogP contribution in [0.25, 0.3) is 11.0 Å². The van der Waals surface area contributed by atoms with Crippen molar-refractivity contribution in [2.75, 3.05) is 39.9 Å². The lowest BCUT2D eigenvalue weighted by Crippen LogP contribution is -2.57. The Bertz CT molecular complexity index is 1200. The maximum atomic E-state index is 13.7. The van der Waals surface area contributed by atoms with Crippen LogP contribution < -0.4 is 0 Å². The lowest BCUT2D eigenvalue weighted by Gasteiger charge is -2.42. The van der Waals surface area contributed by atoms with Crippen LogP contribution in [0.15, 0.2) is 54.6 Å². The molecule has 0 radical (unpaired) electrons. The Hall–Kier alpha value is -3.23. The summed E-state index contributed by atoms with van der Waals surface area (Å²) in [6.45, 7) is 3.43. The summed E-state index contributed by atoms with van der Waals surface area (Å²) in [7, 11) is 3.67. The predicted octanol–water partition coefficient (Wildman–Crippen LogP) is 3.06. The zero-order chi connectivity index (χ0) is 24.4. The van der Waals surface area contributed by atoms with Gasteiger partial charge in [0.25, 0.3) is 5.91 Å². The third-order valence-electron chi connectivity index (χ3n) is 7.54. The first-order valence-corrected chi connectivity index (χ1v) is 12.3. The number of carbonyl (C=O) groups excluding carboxylic acids is 2. The van der Waals surface area contributed by atoms with Crippen molar-refractivity contribution in [2.45, 2.75) is 31.3 Å². The molecule has 35 heavy (non-hydrogen) atoms. The summed E-state index contributed by atoms with van der Waals surface area (Å²) in [6, 6.07) is 18.0. The summed E-state index contributed by atoms with van der Waals surface area (Å²) in [4.78, 5) is 37.5. The second kappa shape index (κ2) is 9.79. The molecule has 2 aliphatic rings. The highest BCUT2D eigenvalue weighted by atomic mass is 16.5. The summed E-state index contributed by atoms with van der Waals surface area (Å²) in [5.74, 6) is 0.952. The van der Waals surface area contributed by atoms with Crippen molar-refractivity contribution >= 4 is 23.0 Å². The lowest BCUT2D eigenvalue weighted by molar-refractivity contribution is -0.135. The number of urea groups is 1. The minimum atomic E-state index is -0.783. The largest absolute Gasteiger partial charge is 0.383 e. The fourth-order valence-electron chi connectivity index (χ4n) is 5.46. The number of benzene rings is 2. The molecule has 2 saturated heterocycles. The number of hydrogen-bond acceptors (Lipinski definition) is 5. The first-order chi connectivity index (χ1) is 17.0. The molecule has 0 N–H and O–H groups in total. The van der Waals surface area contributed by atoms with E-state index in [2.05, 4.69) is 15.5 Å². The van der Waals surface area contributed by atoms with E-state index in [4.69, 9.17) is 9.72 Å². The van der Waals surface area contributed by atoms with Crippen molar-refractivity contribution in [3.05, 3.63) is 66.0 Å². The van der Waals surface area contributed by atoms with Gasteiger partial charge in [0.1, 0.15) is 11.4 Å². The number of imidazole rings is 1. The summed E-state index contributed by atoms with van der Waals surface area (Å²) in [5.41, 5.74) is 2.45. The number of hydrogen-bond donors (Lipinski definition) is 0. The van der Waals surface area contributed by atoms with Crippen molar-refractivity contribution in [3.8, 4) is 0 Å². The highest BCUT2D eigenvalue weighted by Crippen LogP contribution is 2.37. The second-order valence-electron chi connectivity index (χ2n) is 9.50. The monoisotopic (exact) mass is 475 g/mol. The SMILES string of the molecule is COCCN1C(=O)N(CCc2ccccc2)C(=O)C12CCN(Cc1nc3ccccc3n1C)CC2. The first-order valence-electron chi connectivity index (χ1n) is 12.3. The number of para-hydroxylation sites is 2. The molecule has 2 fully saturated rings. The number of carbonyl (C=O) groups is 2. The van der Waals surface area contributed by atoms with Gasteiger partial charge in [-0.25, -0.2) is 9.78 Å². The number of nitrogens with zero attached hydrogens (tertiary/aromatic N) is 5. The molecular weight excluding hydrogens is 442 g/mol. The number of imide groups is 1. The molecule has 3 amide bonds. The number of rotatable bonds is 8. The van der Waals surface area contributed by atoms with E-state index in [9.17, 15) is 9.59 Å². The highest BCUT2D eigenvalue weighted by Gasteiger charge is 2.57. The van der Waals surface area contributed by atoms with Crippen molar-refractivity contribution in [1.82, 2.24) is 24.3 Å². The third-order valence-corrected chi connectivity index (χ3v) is 7.54. The van der Waals surface area contributed by atoms with Gasteiger partial charge in [0, 0.05) is 40.3 Å². The van der Waals surface area contributed by atoms with Crippen LogP contribution in [0.3, 0.4) is 0 Å². The highest BCUT2D eigenvalue weighted by molar-refractivity contribution is 6.07. The van der Waals surface area contributed by atoms with Gasteiger partial charge in [0.15, 0.2) is 0 Å². The molecule has 8 heteroatoms. The zero-order valence-electron chi connectivity index (χ0n) is 20.5. The van der Waals surface area contributed by atoms with Crippen molar-refractivity contribution in [2.24, 2.45) is 7.05 Å². The number of aromatic nitrogens is 2. The molecule has 0 atom stereocenters. The van der Waals surface area contributed by atoms with Crippen LogP contribution in [0.4, 0.5) is 4.79 Å². The fourth-order valence-corrected chi connectivity index (χ4v) is 5.46. The van der Waals surface area contributed by atoms with E-state index < -0.39 is 5.54 Å². The molecule has 2 aliphatic heterocycles. The molecular formula is C27H33N5O3. The van der Waals surface area contributed by atoms with E-state index in [-0.39, 0.29) is 11.9 Å². The van der Waals surface area contributed by atoms with Crippen LogP contribution in [-0.4, -0.2) is 81.6 Å². The number of amides is 3. The van der Waals surface area contributed by atoms with Gasteiger partial charge in [-0.3, -0.25) is 14.6 Å². The van der Waals surface area contributed by atoms with E-state index in [1.165, 1.54) is 4.90 Å². The Kier molecular flexibility index (Phi) is 6.58. The number of aryl methyl sites for hydroxylation is 1. The third kappa shape index (κ3) is 4.32. The topological polar surface area (TPSA) is 70.9 Å². The lowest BCUT2D eigenvalue weighted by atomic mass is 9.85. The van der Waals surface area contributed by atoms with Gasteiger partial charge in [0.2, 0.25) is 0 Å². The molecule has 0 unspecified atom stereocenters. The Balaban J connectivity index is 1.30. The average molecular weight is 476 g/mol. The molecule has 1 aromatic heterocycles. The number of likely N-dealkylation sites (tertiary alicyclic amines) is 1. The van der Waals surface area contributed by atoms with Gasteiger partial charge >= 0.3 is 6.03 Å². The minimum absolute atomic E-state index is 0.0584. The Morgan fingerprint density at radius 1 is 0.971 bits per heavy atom. The van der Waals surface area contributed by atoms with Gasteiger partial charge in [-0.2, -0.15) is 0 Å². The number of fused-ring (bicyclic) bond motifs is 1. The second-order valence-corrected chi connectivity index (χ2v) is 9.50. The van der Waals surface area contributed by atoms with Crippen LogP contribution in [0, 0.1) is 0 Å². The van der Waals surface area contributed by atoms with E-state index >= 15 is 0 Å². The summed E-state index contributed by atoms with van der Waals surface area (Å²) >= 11 is 0. The van der Waals surface area contributed by atoms with E-state index in [0.29, 0.717) is 39.0 Å². The van der Waals surface area contributed by atoms with Crippen LogP contribution in [0.5, 0.6) is 0 Å². The molecule has 1 spiro atoms. The van der Waals surface area contributed by atoms with Crippen LogP contribution in [0.2, 0.25) is 0 Å². The van der Waals surface area contributed by atoms with Gasteiger partial charge in [-0.05, 0) is 37.0 Å². The maximum Gasteiger partial charge on any atom is 0.327 e. The van der Waals surface area contributed by atoms with E-state index in [0.717, 1.165) is 42.1 Å². The summed E-state index contributed by atoms with van der Waals surface area (Å²) in [5, 5.41) is 0. The van der Waals surface area contributed by atoms with Crippen LogP contribution in [0.1, 0.15) is 24.2 Å². The molecule has 8 nitrogen and oxygen atoms in total. The normalized spacial score (nSPS) is 18.3. The fraction of sp³-hybridized carbons (Fsp3) is 0.444. The molecule has 0 bridgehead atoms. The number of methoxy groups -OCH3 is 1. The van der Waals surface area contributed by atoms with Crippen LogP contribution >= 0.6 is 0 Å². The zero-order valence-corrected chi connectivity index (χ0v) is 20.5. The Morgan fingerprint density at radius 3 is 2.40 bits per heavy atom. The molecule has 3 heterocycles. The molecule has 2 aromatic carbocycles. The van der Waals surface area contributed by atoms with Gasteiger partial charge < -0.3 is 14.2 Å². The molecule has 184 valence electrons. The minimum Gasteiger partial charge on any atom is -0.383 e. The predicted molar refractivity (Wildman–Crippen MR) is 134 cm³/mol. The number of ether oxygens (including phenoxy) is 1. The molecule has 0 saturated carbocycles. The van der Waals surface area contributed by atoms with Gasteiger partial charge in [0.05, 0.1) is 24.2 Å². The van der Waals surface area contributed by atoms with Crippen molar-refractivity contribution < 1.29 is 14.3 Å². The quantitative estimate of drug-likeness (QED) is 0.469. The summed E-state index contributed by atoms with van der Waals surface area (Å²) in [6.07, 6.45) is 1.89. The average Bonchev–Trinajstić information content (AvgIpc) is 3.29. The Morgan fingerprint density at radius 2 is 1.69 bits per heavy atom. The molecule has 3 aromatic rings. The number of piperidine rings is 1. The first kappa shape index (κ1) is 23.5. The molecule has 0 aliphatic carbocycles. The van der Waals surface area contributed by atoms with Crippen molar-refractivity contribution in [3.63, 3.8) is 0 Å². The standard InChI is InChI=1S/C27H33N5O3/c1-29-23-11-7-6-10-22(23)28-24(29)20-30-16-13-27(14-17-30)25(33)31(26(34)32(27)18-19-35-2)15-12-21-8-4-3-5-9-21/h3-11H,12-20H2,1-2H3. The van der Waals surface area contributed by atoms with E-state index in [1.807, 2.05) is 55.6 Å². The smallest absolute Gasteiger partial charge is 0.327 e. The van der Waals surface area contributed by atoms with Crippen LogP contribution in [-0.2, 0) is 29.5 Å². The summed E-state index contributed by atoms with van der Waals surface area (Å²) < 4.78 is 7.42. The maximum absolute atomic E-state index is 13.7. The van der Waals surface area contributed by atoms with Gasteiger partial charge in [-0.1, -0.05) is 42.5 Å². The van der Waals surface area contributed by atoms with Gasteiger partial charge in [-0.15, -0.1) is 0 Å². The van der Waals surface area contributed by atoms with Crippen molar-refractivity contribution in [1.29, 1.82) is 0 Å². The molecule has 5 rings (SSSR count).